The van der Waals surface area contributed by atoms with E-state index in [-0.39, 0.29) is 30.8 Å². The predicted octanol–water partition coefficient (Wildman–Crippen LogP) is 5.62. The molecule has 9 nitrogen and oxygen atoms in total. The van der Waals surface area contributed by atoms with Crippen LogP contribution in [0.4, 0.5) is 16.2 Å². The number of rotatable bonds is 4. The third-order valence-corrected chi connectivity index (χ3v) is 7.52. The average molecular weight is 554 g/mol. The van der Waals surface area contributed by atoms with E-state index in [9.17, 15) is 24.3 Å². The first-order chi connectivity index (χ1) is 19.7. The predicted molar refractivity (Wildman–Crippen MR) is 157 cm³/mol. The molecule has 9 heteroatoms. The quantitative estimate of drug-likeness (QED) is 0.257. The summed E-state index contributed by atoms with van der Waals surface area (Å²) in [6.07, 6.45) is 1.15. The number of carbonyl (C=O) groups excluding carboxylic acids is 2. The number of aryl methyl sites for hydroxylation is 2. The number of ether oxygens (including phenoxy) is 1. The Hall–Kier alpha value is -4.92. The molecule has 0 radical (unpaired) electrons. The molecule has 4 aromatic rings. The van der Waals surface area contributed by atoms with Crippen molar-refractivity contribution in [3.63, 3.8) is 0 Å². The maximum Gasteiger partial charge on any atom is 0.411 e. The highest BCUT2D eigenvalue weighted by Gasteiger charge is 2.28. The van der Waals surface area contributed by atoms with E-state index in [0.717, 1.165) is 27.6 Å². The van der Waals surface area contributed by atoms with Crippen molar-refractivity contribution >= 4 is 40.0 Å². The minimum atomic E-state index is -1.04. The number of aromatic amines is 1. The highest BCUT2D eigenvalue weighted by molar-refractivity contribution is 5.91. The smallest absolute Gasteiger partial charge is 0.411 e. The summed E-state index contributed by atoms with van der Waals surface area (Å²) < 4.78 is 5.42. The second-order valence-electron chi connectivity index (χ2n) is 10.4. The zero-order chi connectivity index (χ0) is 29.1. The number of hydrogen-bond acceptors (Lipinski definition) is 6. The van der Waals surface area contributed by atoms with Crippen LogP contribution in [0.25, 0.3) is 10.8 Å². The number of Topliss-reactive ketones (excluding diaryl/α,β-unsaturated/α-hetero) is 1. The van der Waals surface area contributed by atoms with Crippen LogP contribution in [0.5, 0.6) is 0 Å². The number of aromatic nitrogens is 1. The maximum atomic E-state index is 14.1. The van der Waals surface area contributed by atoms with Gasteiger partial charge in [-0.2, -0.15) is 0 Å². The monoisotopic (exact) mass is 553 g/mol. The summed E-state index contributed by atoms with van der Waals surface area (Å²) in [4.78, 5) is 53.5. The Morgan fingerprint density at radius 1 is 1.00 bits per heavy atom. The summed E-state index contributed by atoms with van der Waals surface area (Å²) in [7, 11) is 0. The number of ketones is 1. The number of hydrogen-bond donors (Lipinski definition) is 4. The fourth-order valence-electron chi connectivity index (χ4n) is 5.53. The fourth-order valence-corrected chi connectivity index (χ4v) is 5.53. The molecule has 1 aromatic heterocycles. The van der Waals surface area contributed by atoms with E-state index >= 15 is 0 Å². The van der Waals surface area contributed by atoms with Gasteiger partial charge in [-0.1, -0.05) is 30.3 Å². The van der Waals surface area contributed by atoms with Crippen molar-refractivity contribution in [1.29, 1.82) is 0 Å². The molecule has 3 aromatic carbocycles. The van der Waals surface area contributed by atoms with Gasteiger partial charge in [0.1, 0.15) is 6.04 Å². The summed E-state index contributed by atoms with van der Waals surface area (Å²) >= 11 is 0. The number of amides is 1. The van der Waals surface area contributed by atoms with Crippen molar-refractivity contribution in [3.05, 3.63) is 105 Å². The van der Waals surface area contributed by atoms with Gasteiger partial charge in [-0.15, -0.1) is 0 Å². The van der Waals surface area contributed by atoms with Gasteiger partial charge in [-0.3, -0.25) is 19.7 Å². The number of aliphatic carboxylic acids is 1. The van der Waals surface area contributed by atoms with E-state index in [4.69, 9.17) is 4.74 Å². The summed E-state index contributed by atoms with van der Waals surface area (Å²) in [6.45, 7) is 4.06. The minimum Gasteiger partial charge on any atom is -0.481 e. The van der Waals surface area contributed by atoms with Crippen LogP contribution in [-0.2, 0) is 20.7 Å². The Kier molecular flexibility index (Phi) is 7.87. The number of H-pyrrole nitrogens is 1. The van der Waals surface area contributed by atoms with Crippen molar-refractivity contribution in [2.45, 2.75) is 45.1 Å². The van der Waals surface area contributed by atoms with E-state index < -0.39 is 24.0 Å². The van der Waals surface area contributed by atoms with Gasteiger partial charge in [0.15, 0.2) is 5.78 Å². The van der Waals surface area contributed by atoms with Crippen LogP contribution < -0.4 is 16.2 Å². The molecular weight excluding hydrogens is 522 g/mol. The maximum absolute atomic E-state index is 14.1. The molecule has 0 saturated heterocycles. The molecule has 3 heterocycles. The first kappa shape index (κ1) is 27.6. The number of carbonyl (C=O) groups is 3. The van der Waals surface area contributed by atoms with Gasteiger partial charge in [0.2, 0.25) is 0 Å². The normalized spacial score (nSPS) is 17.6. The molecule has 210 valence electrons. The van der Waals surface area contributed by atoms with Crippen LogP contribution in [0.2, 0.25) is 0 Å². The Morgan fingerprint density at radius 2 is 1.78 bits per heavy atom. The first-order valence-corrected chi connectivity index (χ1v) is 13.4. The standard InChI is InChI=1S/C32H31N3O6/c1-18-12-23-13-19(2)26(18)9-11-41-32(40)35-24-5-3-4-21(14-24)22(16-29(37)38)15-28(36)30(23)34-25-7-6-20-8-10-33-31(39)27(20)17-25/h3-8,10,12-14,17,22,30,34H,9,11,15-16H2,1-2H3,(H,33,39)(H,35,40)(H,37,38)/t22-,30-/m1/s1. The van der Waals surface area contributed by atoms with Gasteiger partial charge < -0.3 is 20.1 Å². The lowest BCUT2D eigenvalue weighted by molar-refractivity contribution is -0.137. The molecule has 0 unspecified atom stereocenters. The largest absolute Gasteiger partial charge is 0.481 e. The Morgan fingerprint density at radius 3 is 2.54 bits per heavy atom. The van der Waals surface area contributed by atoms with Crippen LogP contribution in [0.3, 0.4) is 0 Å². The lowest BCUT2D eigenvalue weighted by atomic mass is 9.86. The molecule has 4 bridgehead atoms. The van der Waals surface area contributed by atoms with Gasteiger partial charge in [0.25, 0.3) is 5.56 Å². The van der Waals surface area contributed by atoms with Crippen molar-refractivity contribution in [1.82, 2.24) is 4.98 Å². The first-order valence-electron chi connectivity index (χ1n) is 13.4. The van der Waals surface area contributed by atoms with Crippen molar-refractivity contribution < 1.29 is 24.2 Å². The molecule has 0 spiro atoms. The third-order valence-electron chi connectivity index (χ3n) is 7.52. The van der Waals surface area contributed by atoms with Gasteiger partial charge in [0.05, 0.1) is 13.0 Å². The number of fused-ring (bicyclic) bond motifs is 10. The second-order valence-corrected chi connectivity index (χ2v) is 10.4. The number of carboxylic acids is 1. The van der Waals surface area contributed by atoms with E-state index in [0.29, 0.717) is 28.7 Å². The van der Waals surface area contributed by atoms with Crippen LogP contribution in [0.1, 0.15) is 52.6 Å². The second kappa shape index (κ2) is 11.7. The lowest BCUT2D eigenvalue weighted by Crippen LogP contribution is -2.25. The number of benzene rings is 3. The lowest BCUT2D eigenvalue weighted by Gasteiger charge is -2.25. The zero-order valence-electron chi connectivity index (χ0n) is 22.8. The zero-order valence-corrected chi connectivity index (χ0v) is 22.8. The average Bonchev–Trinajstić information content (AvgIpc) is 2.92. The van der Waals surface area contributed by atoms with Crippen LogP contribution in [0, 0.1) is 13.8 Å². The highest BCUT2D eigenvalue weighted by atomic mass is 16.5. The van der Waals surface area contributed by atoms with Gasteiger partial charge in [-0.25, -0.2) is 4.79 Å². The molecule has 2 atom stereocenters. The summed E-state index contributed by atoms with van der Waals surface area (Å²) in [5.74, 6) is -1.88. The van der Waals surface area contributed by atoms with E-state index in [1.807, 2.05) is 38.1 Å². The van der Waals surface area contributed by atoms with Crippen molar-refractivity contribution in [2.75, 3.05) is 17.2 Å². The SMILES string of the molecule is Cc1cc2cc(C)c1CCOC(=O)Nc1cccc(c1)[C@@H](CC(=O)O)CC(=O)[C@@H]2Nc1ccc2cc[nH]c(=O)c2c1. The number of nitrogens with one attached hydrogen (secondary N) is 3. The minimum absolute atomic E-state index is 0.0636. The van der Waals surface area contributed by atoms with Crippen LogP contribution >= 0.6 is 0 Å². The molecule has 6 rings (SSSR count). The molecule has 1 amide bonds. The van der Waals surface area contributed by atoms with E-state index in [1.165, 1.54) is 0 Å². The summed E-state index contributed by atoms with van der Waals surface area (Å²) in [5, 5.41) is 17.0. The molecule has 2 aliphatic rings. The molecule has 0 aliphatic carbocycles. The molecule has 0 saturated carbocycles. The van der Waals surface area contributed by atoms with E-state index in [2.05, 4.69) is 15.6 Å². The summed E-state index contributed by atoms with van der Waals surface area (Å²) in [5.41, 5.74) is 5.05. The van der Waals surface area contributed by atoms with Gasteiger partial charge in [-0.05, 0) is 77.4 Å². The van der Waals surface area contributed by atoms with E-state index in [1.54, 1.807) is 42.6 Å². The number of pyridine rings is 1. The highest BCUT2D eigenvalue weighted by Crippen LogP contribution is 2.33. The fraction of sp³-hybridized carbons (Fsp3) is 0.250. The number of anilines is 2. The van der Waals surface area contributed by atoms with Gasteiger partial charge >= 0.3 is 12.1 Å². The van der Waals surface area contributed by atoms with Crippen molar-refractivity contribution in [3.8, 4) is 0 Å². The van der Waals surface area contributed by atoms with Gasteiger partial charge in [0, 0.05) is 41.7 Å². The Bertz CT molecular complexity index is 1690. The molecular formula is C32H31N3O6. The summed E-state index contributed by atoms with van der Waals surface area (Å²) in [6, 6.07) is 17.1. The number of carboxylic acid groups (broad SMARTS) is 1. The Labute approximate surface area is 236 Å². The molecule has 0 fully saturated rings. The van der Waals surface area contributed by atoms with Crippen molar-refractivity contribution in [2.24, 2.45) is 0 Å². The molecule has 4 N–H and O–H groups in total. The van der Waals surface area contributed by atoms with Crippen LogP contribution in [0.15, 0.2) is 71.7 Å². The molecule has 2 aliphatic heterocycles. The third kappa shape index (κ3) is 6.30. The van der Waals surface area contributed by atoms with Crippen LogP contribution in [-0.4, -0.2) is 34.5 Å². The Balaban J connectivity index is 1.60. The topological polar surface area (TPSA) is 138 Å². The molecule has 41 heavy (non-hydrogen) atoms.